The molecule has 0 bridgehead atoms. The molecule has 4 aromatic rings. The van der Waals surface area contributed by atoms with Gasteiger partial charge in [-0.3, -0.25) is 14.4 Å². The summed E-state index contributed by atoms with van der Waals surface area (Å²) in [5.41, 5.74) is 3.54. The van der Waals surface area contributed by atoms with Gasteiger partial charge in [-0.2, -0.15) is 5.26 Å². The third kappa shape index (κ3) is 8.73. The van der Waals surface area contributed by atoms with Crippen LogP contribution in [0, 0.1) is 22.7 Å². The van der Waals surface area contributed by atoms with Crippen LogP contribution in [0.4, 0.5) is 10.7 Å². The first-order chi connectivity index (χ1) is 23.0. The highest BCUT2D eigenvalue weighted by Crippen LogP contribution is 2.44. The molecule has 3 amide bonds. The van der Waals surface area contributed by atoms with Gasteiger partial charge in [0.05, 0.1) is 18.4 Å². The Morgan fingerprint density at radius 1 is 1.02 bits per heavy atom. The maximum Gasteiger partial charge on any atom is 0.272 e. The number of methoxy groups -OCH3 is 1. The SMILES string of the molecule is COc1ccc(/C=C(/NC(=O)c2ccccc2)C(=O)Nc2cccc(SCC(=O)Nc3sc4c(c3C#N)CCC(C(C)(C)C)C4)c2)cc1. The topological polar surface area (TPSA) is 120 Å². The van der Waals surface area contributed by atoms with E-state index in [1.54, 1.807) is 79.9 Å². The number of ether oxygens (including phenoxy) is 1. The number of hydrogen-bond acceptors (Lipinski definition) is 7. The van der Waals surface area contributed by atoms with Crippen LogP contribution in [0.25, 0.3) is 6.08 Å². The summed E-state index contributed by atoms with van der Waals surface area (Å²) in [7, 11) is 1.57. The Bertz CT molecular complexity index is 1870. The molecule has 0 radical (unpaired) electrons. The average molecular weight is 679 g/mol. The molecule has 8 nitrogen and oxygen atoms in total. The normalized spacial score (nSPS) is 14.3. The van der Waals surface area contributed by atoms with Gasteiger partial charge in [-0.05, 0) is 90.3 Å². The zero-order valence-corrected chi connectivity index (χ0v) is 29.0. The molecule has 1 atom stereocenters. The lowest BCUT2D eigenvalue weighted by atomic mass is 9.72. The lowest BCUT2D eigenvalue weighted by molar-refractivity contribution is -0.114. The van der Waals surface area contributed by atoms with E-state index in [1.165, 1.54) is 28.0 Å². The smallest absolute Gasteiger partial charge is 0.272 e. The molecule has 10 heteroatoms. The molecule has 3 N–H and O–H groups in total. The maximum atomic E-state index is 13.5. The van der Waals surface area contributed by atoms with E-state index in [1.807, 2.05) is 12.1 Å². The second-order valence-electron chi connectivity index (χ2n) is 12.6. The Morgan fingerprint density at radius 2 is 1.77 bits per heavy atom. The van der Waals surface area contributed by atoms with Crippen LogP contribution in [0.1, 0.15) is 59.1 Å². The van der Waals surface area contributed by atoms with Crippen molar-refractivity contribution in [3.63, 3.8) is 0 Å². The first kappa shape index (κ1) is 34.5. The molecular formula is C38H38N4O4S2. The maximum absolute atomic E-state index is 13.5. The average Bonchev–Trinajstić information content (AvgIpc) is 3.43. The predicted molar refractivity (Wildman–Crippen MR) is 193 cm³/mol. The van der Waals surface area contributed by atoms with Crippen LogP contribution >= 0.6 is 23.1 Å². The number of benzene rings is 3. The van der Waals surface area contributed by atoms with Gasteiger partial charge in [0, 0.05) is 21.0 Å². The van der Waals surface area contributed by atoms with Crippen molar-refractivity contribution in [3.8, 4) is 11.8 Å². The molecule has 1 aliphatic carbocycles. The van der Waals surface area contributed by atoms with Crippen molar-refractivity contribution in [1.82, 2.24) is 5.32 Å². The quantitative estimate of drug-likeness (QED) is 0.116. The summed E-state index contributed by atoms with van der Waals surface area (Å²) >= 11 is 2.85. The molecule has 1 aromatic heterocycles. The molecule has 0 saturated heterocycles. The van der Waals surface area contributed by atoms with Gasteiger partial charge in [-0.15, -0.1) is 23.1 Å². The van der Waals surface area contributed by atoms with Gasteiger partial charge >= 0.3 is 0 Å². The van der Waals surface area contributed by atoms with Crippen LogP contribution in [0.2, 0.25) is 0 Å². The summed E-state index contributed by atoms with van der Waals surface area (Å²) in [6.07, 6.45) is 4.41. The zero-order chi connectivity index (χ0) is 34.3. The molecule has 0 aliphatic heterocycles. The fraction of sp³-hybridized carbons (Fsp3) is 0.263. The number of hydrogen-bond donors (Lipinski definition) is 3. The van der Waals surface area contributed by atoms with Gasteiger partial charge in [-0.25, -0.2) is 0 Å². The van der Waals surface area contributed by atoms with Crippen LogP contribution in [-0.2, 0) is 22.4 Å². The Hall–Kier alpha value is -4.85. The molecule has 1 aliphatic rings. The second-order valence-corrected chi connectivity index (χ2v) is 14.7. The zero-order valence-electron chi connectivity index (χ0n) is 27.4. The van der Waals surface area contributed by atoms with E-state index in [-0.39, 0.29) is 22.8 Å². The largest absolute Gasteiger partial charge is 0.497 e. The number of carbonyl (C=O) groups is 3. The van der Waals surface area contributed by atoms with Gasteiger partial charge in [-0.1, -0.05) is 57.2 Å². The van der Waals surface area contributed by atoms with Crippen molar-refractivity contribution in [3.05, 3.63) is 112 Å². The van der Waals surface area contributed by atoms with Crippen molar-refractivity contribution < 1.29 is 19.1 Å². The summed E-state index contributed by atoms with van der Waals surface area (Å²) in [6, 6.07) is 25.3. The highest BCUT2D eigenvalue weighted by Gasteiger charge is 2.32. The summed E-state index contributed by atoms with van der Waals surface area (Å²) < 4.78 is 5.23. The lowest BCUT2D eigenvalue weighted by Gasteiger charge is -2.33. The lowest BCUT2D eigenvalue weighted by Crippen LogP contribution is -2.30. The van der Waals surface area contributed by atoms with Crippen LogP contribution in [0.5, 0.6) is 5.75 Å². The van der Waals surface area contributed by atoms with Gasteiger partial charge in [0.15, 0.2) is 0 Å². The van der Waals surface area contributed by atoms with E-state index in [0.717, 1.165) is 29.7 Å². The number of amides is 3. The molecule has 1 unspecified atom stereocenters. The molecule has 1 heterocycles. The first-order valence-corrected chi connectivity index (χ1v) is 17.4. The molecular weight excluding hydrogens is 641 g/mol. The van der Waals surface area contributed by atoms with Crippen molar-refractivity contribution in [2.75, 3.05) is 23.5 Å². The second kappa shape index (κ2) is 15.4. The van der Waals surface area contributed by atoms with E-state index in [9.17, 15) is 19.6 Å². The Morgan fingerprint density at radius 3 is 2.46 bits per heavy atom. The molecule has 5 rings (SSSR count). The Kier molecular flexibility index (Phi) is 11.0. The number of anilines is 2. The van der Waals surface area contributed by atoms with E-state index in [2.05, 4.69) is 42.8 Å². The van der Waals surface area contributed by atoms with Crippen molar-refractivity contribution >= 4 is 57.6 Å². The number of thioether (sulfide) groups is 1. The minimum absolute atomic E-state index is 0.0622. The van der Waals surface area contributed by atoms with Crippen LogP contribution in [-0.4, -0.2) is 30.6 Å². The van der Waals surface area contributed by atoms with Gasteiger partial charge in [0.25, 0.3) is 11.8 Å². The molecule has 0 spiro atoms. The van der Waals surface area contributed by atoms with Crippen LogP contribution < -0.4 is 20.7 Å². The first-order valence-electron chi connectivity index (χ1n) is 15.6. The van der Waals surface area contributed by atoms with Gasteiger partial charge in [0.1, 0.15) is 22.5 Å². The van der Waals surface area contributed by atoms with Crippen LogP contribution in [0.15, 0.2) is 89.5 Å². The predicted octanol–water partition coefficient (Wildman–Crippen LogP) is 7.92. The van der Waals surface area contributed by atoms with E-state index in [0.29, 0.717) is 39.0 Å². The minimum Gasteiger partial charge on any atom is -0.497 e. The third-order valence-corrected chi connectivity index (χ3v) is 10.4. The summed E-state index contributed by atoms with van der Waals surface area (Å²) in [5.74, 6) is 0.214. The van der Waals surface area contributed by atoms with Gasteiger partial charge in [0.2, 0.25) is 5.91 Å². The van der Waals surface area contributed by atoms with E-state index in [4.69, 9.17) is 4.74 Å². The number of carbonyl (C=O) groups excluding carboxylic acids is 3. The molecule has 0 saturated carbocycles. The fourth-order valence-corrected chi connectivity index (χ4v) is 7.56. The summed E-state index contributed by atoms with van der Waals surface area (Å²) in [4.78, 5) is 41.5. The molecule has 3 aromatic carbocycles. The van der Waals surface area contributed by atoms with Crippen molar-refractivity contribution in [1.29, 1.82) is 5.26 Å². The number of nitriles is 1. The Labute approximate surface area is 289 Å². The van der Waals surface area contributed by atoms with Crippen molar-refractivity contribution in [2.45, 2.75) is 44.9 Å². The Balaban J connectivity index is 1.25. The number of thiophene rings is 1. The summed E-state index contributed by atoms with van der Waals surface area (Å²) in [6.45, 7) is 6.76. The molecule has 246 valence electrons. The number of nitrogens with one attached hydrogen (secondary N) is 3. The molecule has 0 fully saturated rings. The molecule has 48 heavy (non-hydrogen) atoms. The minimum atomic E-state index is -0.505. The highest BCUT2D eigenvalue weighted by molar-refractivity contribution is 8.00. The highest BCUT2D eigenvalue weighted by atomic mass is 32.2. The number of fused-ring (bicyclic) bond motifs is 1. The third-order valence-electron chi connectivity index (χ3n) is 8.27. The van der Waals surface area contributed by atoms with Crippen LogP contribution in [0.3, 0.4) is 0 Å². The standard InChI is InChI=1S/C38H38N4O4S2/c1-38(2,3)26-15-18-30-31(22-39)37(48-33(30)20-26)42-34(43)23-47-29-12-8-11-27(21-29)40-36(45)32(19-24-13-16-28(46-4)17-14-24)41-35(44)25-9-6-5-7-10-25/h5-14,16-17,19,21,26H,15,18,20,23H2,1-4H3,(H,40,45)(H,41,44)(H,42,43)/b32-19+. The fourth-order valence-electron chi connectivity index (χ4n) is 5.51. The number of nitrogens with zero attached hydrogens (tertiary/aromatic N) is 1. The monoisotopic (exact) mass is 678 g/mol. The number of rotatable bonds is 10. The summed E-state index contributed by atoms with van der Waals surface area (Å²) in [5, 5.41) is 19.1. The van der Waals surface area contributed by atoms with E-state index < -0.39 is 11.8 Å². The van der Waals surface area contributed by atoms with E-state index >= 15 is 0 Å². The van der Waals surface area contributed by atoms with Crippen molar-refractivity contribution in [2.24, 2.45) is 11.3 Å². The van der Waals surface area contributed by atoms with Gasteiger partial charge < -0.3 is 20.7 Å².